The first-order chi connectivity index (χ1) is 43.6. The Labute approximate surface area is 556 Å². The third-order valence-electron chi connectivity index (χ3n) is 16.9. The molecule has 0 spiro atoms. The number of carbonyl (C=O) groups excluding carboxylic acids is 4. The SMILES string of the molecule is CCC(C)CCCCCCCCCCCCC(=O)O[C@H](COC(=O)CCCCCCCCCCCCCCCCC(C)C)COP(=O)(O)OCC(O)COP(=O)(O)OC[C@@H](COC(=O)CCCCCCCCCC(C)C)OC(=O)CCCCCCCCCC(C)C. The van der Waals surface area contributed by atoms with Crippen molar-refractivity contribution in [3.8, 4) is 0 Å². The van der Waals surface area contributed by atoms with Gasteiger partial charge in [-0.2, -0.15) is 0 Å². The Bertz CT molecular complexity index is 1800. The summed E-state index contributed by atoms with van der Waals surface area (Å²) >= 11 is 0. The standard InChI is InChI=1S/C72H140O17P2/c1-9-65(8)51-43-35-27-19-16-17-21-29-38-46-54-71(76)88-67(58-82-69(74)52-44-36-28-20-15-13-11-10-12-14-18-24-32-40-48-62(2)3)60-86-90(78,79)84-56-66(73)57-85-91(80,81)87-61-68(89-72(77)55-47-39-31-23-26-34-42-50-64(6)7)59-83-70(75)53-45-37-30-22-25-33-41-49-63(4)5/h62-68,73H,9-61H2,1-8H3,(H,78,79)(H,80,81)/t65?,66?,67-,68-/m1/s1. The minimum atomic E-state index is -4.95. The van der Waals surface area contributed by atoms with Crippen LogP contribution in [0, 0.1) is 23.7 Å². The molecule has 4 unspecified atom stereocenters. The lowest BCUT2D eigenvalue weighted by atomic mass is 9.99. The van der Waals surface area contributed by atoms with E-state index < -0.39 is 97.5 Å². The number of ether oxygens (including phenoxy) is 4. The second kappa shape index (κ2) is 61.6. The smallest absolute Gasteiger partial charge is 0.462 e. The van der Waals surface area contributed by atoms with Crippen LogP contribution in [0.5, 0.6) is 0 Å². The Morgan fingerprint density at radius 3 is 0.780 bits per heavy atom. The fourth-order valence-electron chi connectivity index (χ4n) is 10.8. The van der Waals surface area contributed by atoms with Crippen LogP contribution in [0.25, 0.3) is 0 Å². The Morgan fingerprint density at radius 2 is 0.527 bits per heavy atom. The predicted octanol–water partition coefficient (Wildman–Crippen LogP) is 20.5. The molecule has 0 saturated heterocycles. The Morgan fingerprint density at radius 1 is 0.308 bits per heavy atom. The summed E-state index contributed by atoms with van der Waals surface area (Å²) in [5, 5.41) is 10.6. The minimum Gasteiger partial charge on any atom is -0.462 e. The second-order valence-corrected chi connectivity index (χ2v) is 30.6. The van der Waals surface area contributed by atoms with Crippen molar-refractivity contribution in [2.75, 3.05) is 39.6 Å². The van der Waals surface area contributed by atoms with Crippen molar-refractivity contribution >= 4 is 39.5 Å². The Kier molecular flexibility index (Phi) is 60.3. The van der Waals surface area contributed by atoms with Gasteiger partial charge in [0, 0.05) is 25.7 Å². The minimum absolute atomic E-state index is 0.102. The van der Waals surface area contributed by atoms with Gasteiger partial charge in [-0.15, -0.1) is 0 Å². The molecular formula is C72H140O17P2. The second-order valence-electron chi connectivity index (χ2n) is 27.6. The Hall–Kier alpha value is -1.94. The number of unbranched alkanes of at least 4 members (excludes halogenated alkanes) is 34. The lowest BCUT2D eigenvalue weighted by molar-refractivity contribution is -0.161. The molecule has 0 radical (unpaired) electrons. The van der Waals surface area contributed by atoms with E-state index in [9.17, 15) is 43.2 Å². The molecule has 540 valence electrons. The number of carbonyl (C=O) groups is 4. The molecule has 0 aromatic heterocycles. The fraction of sp³-hybridized carbons (Fsp3) is 0.944. The van der Waals surface area contributed by atoms with Gasteiger partial charge in [-0.05, 0) is 49.4 Å². The fourth-order valence-corrected chi connectivity index (χ4v) is 12.4. The van der Waals surface area contributed by atoms with Crippen LogP contribution in [0.4, 0.5) is 0 Å². The first-order valence-corrected chi connectivity index (χ1v) is 40.2. The monoisotopic (exact) mass is 1340 g/mol. The molecule has 0 heterocycles. The maximum absolute atomic E-state index is 13.0. The van der Waals surface area contributed by atoms with Gasteiger partial charge in [-0.3, -0.25) is 37.3 Å². The van der Waals surface area contributed by atoms with E-state index in [0.29, 0.717) is 37.5 Å². The number of aliphatic hydroxyl groups excluding tert-OH is 1. The topological polar surface area (TPSA) is 237 Å². The molecule has 6 atom stereocenters. The lowest BCUT2D eigenvalue weighted by Gasteiger charge is -2.21. The zero-order valence-corrected chi connectivity index (χ0v) is 61.3. The highest BCUT2D eigenvalue weighted by Crippen LogP contribution is 2.45. The van der Waals surface area contributed by atoms with Crippen molar-refractivity contribution in [2.24, 2.45) is 23.7 Å². The maximum Gasteiger partial charge on any atom is 0.472 e. The summed E-state index contributed by atoms with van der Waals surface area (Å²) in [7, 11) is -9.90. The zero-order valence-electron chi connectivity index (χ0n) is 59.5. The number of hydrogen-bond acceptors (Lipinski definition) is 15. The highest BCUT2D eigenvalue weighted by atomic mass is 31.2. The van der Waals surface area contributed by atoms with E-state index in [2.05, 4.69) is 55.4 Å². The van der Waals surface area contributed by atoms with E-state index in [1.807, 2.05) is 0 Å². The molecule has 3 N–H and O–H groups in total. The molecule has 0 fully saturated rings. The first kappa shape index (κ1) is 89.1. The van der Waals surface area contributed by atoms with Gasteiger partial charge in [0.1, 0.15) is 19.3 Å². The summed E-state index contributed by atoms with van der Waals surface area (Å²) in [5.74, 6) is 0.874. The molecule has 0 saturated carbocycles. The van der Waals surface area contributed by atoms with Gasteiger partial charge in [-0.1, -0.05) is 306 Å². The number of phosphoric ester groups is 2. The van der Waals surface area contributed by atoms with Crippen LogP contribution in [-0.4, -0.2) is 96.7 Å². The molecule has 0 rings (SSSR count). The summed E-state index contributed by atoms with van der Waals surface area (Å²) in [6.07, 6.45) is 44.6. The average Bonchev–Trinajstić information content (AvgIpc) is 3.69. The van der Waals surface area contributed by atoms with Crippen LogP contribution in [0.1, 0.15) is 357 Å². The van der Waals surface area contributed by atoms with Crippen molar-refractivity contribution < 1.29 is 80.2 Å². The summed E-state index contributed by atoms with van der Waals surface area (Å²) in [6, 6.07) is 0. The highest BCUT2D eigenvalue weighted by molar-refractivity contribution is 7.47. The van der Waals surface area contributed by atoms with Crippen molar-refractivity contribution in [1.29, 1.82) is 0 Å². The van der Waals surface area contributed by atoms with Gasteiger partial charge in [0.2, 0.25) is 0 Å². The van der Waals surface area contributed by atoms with Gasteiger partial charge in [0.25, 0.3) is 0 Å². The van der Waals surface area contributed by atoms with Crippen molar-refractivity contribution in [3.05, 3.63) is 0 Å². The molecule has 0 aromatic carbocycles. The number of esters is 4. The van der Waals surface area contributed by atoms with Crippen LogP contribution in [-0.2, 0) is 65.4 Å². The molecule has 0 bridgehead atoms. The van der Waals surface area contributed by atoms with Gasteiger partial charge in [0.05, 0.1) is 26.4 Å². The van der Waals surface area contributed by atoms with Gasteiger partial charge >= 0.3 is 39.5 Å². The van der Waals surface area contributed by atoms with Crippen molar-refractivity contribution in [1.82, 2.24) is 0 Å². The van der Waals surface area contributed by atoms with Crippen LogP contribution in [0.15, 0.2) is 0 Å². The number of hydrogen-bond donors (Lipinski definition) is 3. The van der Waals surface area contributed by atoms with Gasteiger partial charge in [-0.25, -0.2) is 9.13 Å². The molecule has 19 heteroatoms. The molecule has 0 amide bonds. The average molecular weight is 1340 g/mol. The molecule has 0 aliphatic carbocycles. The van der Waals surface area contributed by atoms with E-state index in [-0.39, 0.29) is 25.7 Å². The highest BCUT2D eigenvalue weighted by Gasteiger charge is 2.30. The van der Waals surface area contributed by atoms with E-state index >= 15 is 0 Å². The zero-order chi connectivity index (χ0) is 67.5. The normalized spacial score (nSPS) is 14.5. The van der Waals surface area contributed by atoms with Crippen LogP contribution in [0.3, 0.4) is 0 Å². The van der Waals surface area contributed by atoms with Crippen LogP contribution < -0.4 is 0 Å². The van der Waals surface area contributed by atoms with Crippen molar-refractivity contribution in [2.45, 2.75) is 375 Å². The largest absolute Gasteiger partial charge is 0.472 e. The van der Waals surface area contributed by atoms with Crippen LogP contribution in [0.2, 0.25) is 0 Å². The number of aliphatic hydroxyl groups is 1. The van der Waals surface area contributed by atoms with Gasteiger partial charge in [0.15, 0.2) is 12.2 Å². The summed E-state index contributed by atoms with van der Waals surface area (Å²) < 4.78 is 68.3. The predicted molar refractivity (Wildman–Crippen MR) is 367 cm³/mol. The third-order valence-corrected chi connectivity index (χ3v) is 18.8. The number of rotatable bonds is 69. The molecular weight excluding hydrogens is 1200 g/mol. The summed E-state index contributed by atoms with van der Waals surface area (Å²) in [4.78, 5) is 72.6. The van der Waals surface area contributed by atoms with Gasteiger partial charge < -0.3 is 33.8 Å². The molecule has 0 aliphatic heterocycles. The Balaban J connectivity index is 5.23. The van der Waals surface area contributed by atoms with E-state index in [1.165, 1.54) is 154 Å². The first-order valence-electron chi connectivity index (χ1n) is 37.2. The summed E-state index contributed by atoms with van der Waals surface area (Å²) in [6.45, 7) is 14.1. The molecule has 0 aromatic rings. The molecule has 0 aliphatic rings. The van der Waals surface area contributed by atoms with E-state index in [4.69, 9.17) is 37.0 Å². The number of phosphoric acid groups is 2. The third kappa shape index (κ3) is 65.1. The molecule has 17 nitrogen and oxygen atoms in total. The molecule has 91 heavy (non-hydrogen) atoms. The quantitative estimate of drug-likeness (QED) is 0.0222. The maximum atomic E-state index is 13.0. The van der Waals surface area contributed by atoms with E-state index in [0.717, 1.165) is 108 Å². The lowest BCUT2D eigenvalue weighted by Crippen LogP contribution is -2.30. The van der Waals surface area contributed by atoms with E-state index in [1.54, 1.807) is 0 Å². The van der Waals surface area contributed by atoms with Crippen LogP contribution >= 0.6 is 15.6 Å². The summed E-state index contributed by atoms with van der Waals surface area (Å²) in [5.41, 5.74) is 0. The van der Waals surface area contributed by atoms with Crippen molar-refractivity contribution in [3.63, 3.8) is 0 Å².